The van der Waals surface area contributed by atoms with Crippen LogP contribution >= 0.6 is 0 Å². The molecule has 1 unspecified atom stereocenters. The molecule has 0 fully saturated rings. The van der Waals surface area contributed by atoms with E-state index in [0.717, 1.165) is 6.42 Å². The Balaban J connectivity index is 1.82. The standard InChI is InChI=1S/C23H32N6O3/c1-5-12-29-21(31)19-18(20(30)26-13-17-8-6-7-10-24-17)27-15-28(19)14-23(29,4)22(32)25-11-9-16(2)3/h6-8,10,15-16H,5,9,11-14H2,1-4H3,(H,25,32)(H,26,30). The van der Waals surface area contributed by atoms with Gasteiger partial charge in [0.1, 0.15) is 11.2 Å². The lowest BCUT2D eigenvalue weighted by atomic mass is 9.93. The molecule has 0 aliphatic carbocycles. The fourth-order valence-corrected chi connectivity index (χ4v) is 3.85. The van der Waals surface area contributed by atoms with Gasteiger partial charge in [-0.1, -0.05) is 26.8 Å². The van der Waals surface area contributed by atoms with Crippen molar-refractivity contribution in [1.29, 1.82) is 0 Å². The number of hydrogen-bond acceptors (Lipinski definition) is 5. The van der Waals surface area contributed by atoms with Gasteiger partial charge in [-0.25, -0.2) is 4.98 Å². The number of aromatic nitrogens is 3. The SMILES string of the molecule is CCCN1C(=O)c2c(C(=O)NCc3ccccn3)ncn2CC1(C)C(=O)NCCC(C)C. The summed E-state index contributed by atoms with van der Waals surface area (Å²) < 4.78 is 1.62. The van der Waals surface area contributed by atoms with Crippen LogP contribution in [0.15, 0.2) is 30.7 Å². The molecule has 3 amide bonds. The maximum absolute atomic E-state index is 13.5. The second kappa shape index (κ2) is 9.93. The predicted molar refractivity (Wildman–Crippen MR) is 120 cm³/mol. The van der Waals surface area contributed by atoms with E-state index in [1.165, 1.54) is 6.33 Å². The second-order valence-corrected chi connectivity index (χ2v) is 8.74. The molecule has 1 atom stereocenters. The summed E-state index contributed by atoms with van der Waals surface area (Å²) in [5.41, 5.74) is -0.0725. The van der Waals surface area contributed by atoms with E-state index >= 15 is 0 Å². The average Bonchev–Trinajstić information content (AvgIpc) is 3.19. The fraction of sp³-hybridized carbons (Fsp3) is 0.522. The van der Waals surface area contributed by atoms with Crippen molar-refractivity contribution in [2.75, 3.05) is 13.1 Å². The number of imidazole rings is 1. The molecular formula is C23H32N6O3. The van der Waals surface area contributed by atoms with Gasteiger partial charge in [-0.3, -0.25) is 19.4 Å². The van der Waals surface area contributed by atoms with Gasteiger partial charge in [-0.05, 0) is 37.8 Å². The Morgan fingerprint density at radius 3 is 2.66 bits per heavy atom. The Morgan fingerprint density at radius 1 is 1.22 bits per heavy atom. The normalized spacial score (nSPS) is 17.9. The van der Waals surface area contributed by atoms with E-state index in [4.69, 9.17) is 0 Å². The van der Waals surface area contributed by atoms with Gasteiger partial charge >= 0.3 is 0 Å². The topological polar surface area (TPSA) is 109 Å². The van der Waals surface area contributed by atoms with Gasteiger partial charge in [-0.2, -0.15) is 0 Å². The molecule has 0 aromatic carbocycles. The quantitative estimate of drug-likeness (QED) is 0.620. The number of pyridine rings is 1. The van der Waals surface area contributed by atoms with E-state index in [1.54, 1.807) is 34.7 Å². The predicted octanol–water partition coefficient (Wildman–Crippen LogP) is 1.99. The maximum Gasteiger partial charge on any atom is 0.273 e. The number of nitrogens with zero attached hydrogens (tertiary/aromatic N) is 4. The Labute approximate surface area is 188 Å². The minimum Gasteiger partial charge on any atom is -0.354 e. The molecule has 172 valence electrons. The molecule has 2 aromatic rings. The lowest BCUT2D eigenvalue weighted by Crippen LogP contribution is -2.64. The highest BCUT2D eigenvalue weighted by Crippen LogP contribution is 2.29. The molecule has 3 rings (SSSR count). The van der Waals surface area contributed by atoms with Crippen LogP contribution < -0.4 is 10.6 Å². The van der Waals surface area contributed by atoms with Crippen molar-refractivity contribution in [3.63, 3.8) is 0 Å². The number of rotatable bonds is 9. The van der Waals surface area contributed by atoms with Crippen LogP contribution in [0.2, 0.25) is 0 Å². The van der Waals surface area contributed by atoms with E-state index in [9.17, 15) is 14.4 Å². The first-order valence-corrected chi connectivity index (χ1v) is 11.1. The maximum atomic E-state index is 13.5. The molecule has 1 aliphatic heterocycles. The molecule has 2 N–H and O–H groups in total. The van der Waals surface area contributed by atoms with Crippen molar-refractivity contribution in [3.05, 3.63) is 47.8 Å². The molecule has 1 aliphatic rings. The van der Waals surface area contributed by atoms with Gasteiger partial charge in [0.05, 0.1) is 25.1 Å². The van der Waals surface area contributed by atoms with E-state index < -0.39 is 11.4 Å². The summed E-state index contributed by atoms with van der Waals surface area (Å²) in [6.07, 6.45) is 4.67. The highest BCUT2D eigenvalue weighted by molar-refractivity contribution is 6.07. The molecule has 0 radical (unpaired) electrons. The molecule has 2 aromatic heterocycles. The Hall–Kier alpha value is -3.23. The van der Waals surface area contributed by atoms with Crippen molar-refractivity contribution in [1.82, 2.24) is 30.1 Å². The Kier molecular flexibility index (Phi) is 7.27. The van der Waals surface area contributed by atoms with Gasteiger partial charge in [0, 0.05) is 19.3 Å². The molecule has 0 saturated carbocycles. The molecular weight excluding hydrogens is 408 g/mol. The van der Waals surface area contributed by atoms with E-state index in [-0.39, 0.29) is 36.3 Å². The van der Waals surface area contributed by atoms with Crippen molar-refractivity contribution >= 4 is 17.7 Å². The summed E-state index contributed by atoms with van der Waals surface area (Å²) in [6, 6.07) is 5.45. The highest BCUT2D eigenvalue weighted by Gasteiger charge is 2.48. The lowest BCUT2D eigenvalue weighted by Gasteiger charge is -2.43. The highest BCUT2D eigenvalue weighted by atomic mass is 16.2. The van der Waals surface area contributed by atoms with Crippen LogP contribution in [0.5, 0.6) is 0 Å². The van der Waals surface area contributed by atoms with Crippen LogP contribution in [-0.4, -0.2) is 55.8 Å². The van der Waals surface area contributed by atoms with Gasteiger partial charge in [0.25, 0.3) is 11.8 Å². The third-order valence-electron chi connectivity index (χ3n) is 5.67. The zero-order valence-corrected chi connectivity index (χ0v) is 19.2. The minimum absolute atomic E-state index is 0.0642. The third-order valence-corrected chi connectivity index (χ3v) is 5.67. The van der Waals surface area contributed by atoms with E-state index in [1.807, 2.05) is 13.0 Å². The van der Waals surface area contributed by atoms with Crippen molar-refractivity contribution in [2.45, 2.75) is 59.2 Å². The van der Waals surface area contributed by atoms with Crippen LogP contribution in [0.3, 0.4) is 0 Å². The molecule has 0 saturated heterocycles. The monoisotopic (exact) mass is 440 g/mol. The summed E-state index contributed by atoms with van der Waals surface area (Å²) in [5, 5.41) is 5.75. The minimum atomic E-state index is -1.06. The molecule has 0 bridgehead atoms. The molecule has 32 heavy (non-hydrogen) atoms. The number of amides is 3. The Bertz CT molecular complexity index is 971. The second-order valence-electron chi connectivity index (χ2n) is 8.74. The molecule has 0 spiro atoms. The van der Waals surface area contributed by atoms with Crippen LogP contribution in [0.1, 0.15) is 67.2 Å². The summed E-state index contributed by atoms with van der Waals surface area (Å²) in [7, 11) is 0. The smallest absolute Gasteiger partial charge is 0.273 e. The number of carbonyl (C=O) groups is 3. The first-order chi connectivity index (χ1) is 15.3. The van der Waals surface area contributed by atoms with Gasteiger partial charge in [0.15, 0.2) is 5.69 Å². The summed E-state index contributed by atoms with van der Waals surface area (Å²) in [4.78, 5) is 49.4. The third kappa shape index (κ3) is 4.81. The first kappa shape index (κ1) is 23.4. The van der Waals surface area contributed by atoms with E-state index in [2.05, 4.69) is 34.4 Å². The van der Waals surface area contributed by atoms with Crippen molar-refractivity contribution in [3.8, 4) is 0 Å². The summed E-state index contributed by atoms with van der Waals surface area (Å²) in [5.74, 6) is -0.532. The van der Waals surface area contributed by atoms with Crippen molar-refractivity contribution < 1.29 is 14.4 Å². The van der Waals surface area contributed by atoms with Crippen LogP contribution in [0.4, 0.5) is 0 Å². The van der Waals surface area contributed by atoms with Crippen LogP contribution in [0, 0.1) is 5.92 Å². The molecule has 9 heteroatoms. The summed E-state index contributed by atoms with van der Waals surface area (Å²) >= 11 is 0. The largest absolute Gasteiger partial charge is 0.354 e. The zero-order valence-electron chi connectivity index (χ0n) is 19.2. The number of fused-ring (bicyclic) bond motifs is 1. The Morgan fingerprint density at radius 2 is 2.00 bits per heavy atom. The van der Waals surface area contributed by atoms with Crippen molar-refractivity contribution in [2.24, 2.45) is 5.92 Å². The first-order valence-electron chi connectivity index (χ1n) is 11.1. The average molecular weight is 441 g/mol. The van der Waals surface area contributed by atoms with Gasteiger partial charge in [0.2, 0.25) is 5.91 Å². The fourth-order valence-electron chi connectivity index (χ4n) is 3.85. The molecule has 3 heterocycles. The van der Waals surface area contributed by atoms with Crippen LogP contribution in [0.25, 0.3) is 0 Å². The zero-order chi connectivity index (χ0) is 23.3. The summed E-state index contributed by atoms with van der Waals surface area (Å²) in [6.45, 7) is 9.35. The lowest BCUT2D eigenvalue weighted by molar-refractivity contribution is -0.132. The number of carbonyl (C=O) groups excluding carboxylic acids is 3. The van der Waals surface area contributed by atoms with Gasteiger partial charge < -0.3 is 20.1 Å². The number of hydrogen-bond donors (Lipinski definition) is 2. The number of nitrogens with one attached hydrogen (secondary N) is 2. The van der Waals surface area contributed by atoms with Gasteiger partial charge in [-0.15, -0.1) is 0 Å². The van der Waals surface area contributed by atoms with E-state index in [0.29, 0.717) is 31.1 Å². The molecule has 9 nitrogen and oxygen atoms in total. The van der Waals surface area contributed by atoms with Crippen LogP contribution in [-0.2, 0) is 17.9 Å².